The first-order valence-corrected chi connectivity index (χ1v) is 8.79. The van der Waals surface area contributed by atoms with Crippen molar-refractivity contribution in [2.75, 3.05) is 44.7 Å². The van der Waals surface area contributed by atoms with Gasteiger partial charge in [-0.25, -0.2) is 0 Å². The summed E-state index contributed by atoms with van der Waals surface area (Å²) >= 11 is 6.38. The molecule has 2 saturated heterocycles. The van der Waals surface area contributed by atoms with E-state index in [-0.39, 0.29) is 24.2 Å². The van der Waals surface area contributed by atoms with Gasteiger partial charge in [-0.1, -0.05) is 17.7 Å². The fourth-order valence-corrected chi connectivity index (χ4v) is 4.05. The maximum atomic E-state index is 12.7. The summed E-state index contributed by atoms with van der Waals surface area (Å²) in [5.74, 6) is -0.186. The Balaban J connectivity index is 1.76. The van der Waals surface area contributed by atoms with E-state index in [1.54, 1.807) is 4.90 Å². The first-order chi connectivity index (χ1) is 11.4. The molecule has 2 amide bonds. The van der Waals surface area contributed by atoms with Gasteiger partial charge in [0.15, 0.2) is 0 Å². The van der Waals surface area contributed by atoms with Crippen molar-refractivity contribution in [3.63, 3.8) is 0 Å². The lowest BCUT2D eigenvalue weighted by Crippen LogP contribution is -2.49. The third kappa shape index (κ3) is 3.28. The first-order valence-electron chi connectivity index (χ1n) is 8.41. The van der Waals surface area contributed by atoms with Crippen LogP contribution in [0.5, 0.6) is 0 Å². The molecular formula is C18H24ClN3O2. The van der Waals surface area contributed by atoms with E-state index in [9.17, 15) is 9.59 Å². The van der Waals surface area contributed by atoms with E-state index in [1.807, 2.05) is 30.9 Å². The van der Waals surface area contributed by atoms with Gasteiger partial charge < -0.3 is 14.7 Å². The molecule has 2 aliphatic rings. The first kappa shape index (κ1) is 17.2. The summed E-state index contributed by atoms with van der Waals surface area (Å²) in [6.07, 6.45) is 0.273. The summed E-state index contributed by atoms with van der Waals surface area (Å²) in [5, 5.41) is 0.577. The third-order valence-electron chi connectivity index (χ3n) is 4.96. The Bertz CT molecular complexity index is 645. The zero-order valence-electron chi connectivity index (χ0n) is 14.5. The molecule has 0 spiro atoms. The molecule has 2 aliphatic heterocycles. The second-order valence-corrected chi connectivity index (χ2v) is 7.35. The molecule has 130 valence electrons. The minimum atomic E-state index is -0.266. The van der Waals surface area contributed by atoms with Crippen LogP contribution >= 0.6 is 11.6 Å². The van der Waals surface area contributed by atoms with Crippen LogP contribution in [0.4, 0.5) is 5.69 Å². The molecule has 6 heteroatoms. The summed E-state index contributed by atoms with van der Waals surface area (Å²) in [6, 6.07) is 3.89. The van der Waals surface area contributed by atoms with Crippen molar-refractivity contribution in [3.8, 4) is 0 Å². The molecule has 1 unspecified atom stereocenters. The van der Waals surface area contributed by atoms with Crippen molar-refractivity contribution in [1.82, 2.24) is 9.80 Å². The number of piperazine rings is 1. The number of likely N-dealkylation sites (N-methyl/N-ethyl adjacent to an activating group) is 1. The minimum Gasteiger partial charge on any atom is -0.340 e. The fraction of sp³-hybridized carbons (Fsp3) is 0.556. The highest BCUT2D eigenvalue weighted by Crippen LogP contribution is 2.35. The van der Waals surface area contributed by atoms with Crippen LogP contribution in [0, 0.1) is 19.8 Å². The summed E-state index contributed by atoms with van der Waals surface area (Å²) in [4.78, 5) is 31.0. The van der Waals surface area contributed by atoms with Gasteiger partial charge in [-0.3, -0.25) is 9.59 Å². The van der Waals surface area contributed by atoms with E-state index in [0.717, 1.165) is 43.0 Å². The fourth-order valence-electron chi connectivity index (χ4n) is 3.62. The van der Waals surface area contributed by atoms with Gasteiger partial charge >= 0.3 is 0 Å². The quantitative estimate of drug-likeness (QED) is 0.821. The van der Waals surface area contributed by atoms with Crippen molar-refractivity contribution in [3.05, 3.63) is 28.3 Å². The monoisotopic (exact) mass is 349 g/mol. The van der Waals surface area contributed by atoms with Crippen molar-refractivity contribution in [1.29, 1.82) is 0 Å². The lowest BCUT2D eigenvalue weighted by Gasteiger charge is -2.33. The van der Waals surface area contributed by atoms with E-state index >= 15 is 0 Å². The average Bonchev–Trinajstić information content (AvgIpc) is 2.88. The van der Waals surface area contributed by atoms with Crippen LogP contribution in [0.2, 0.25) is 5.02 Å². The van der Waals surface area contributed by atoms with Crippen LogP contribution in [-0.4, -0.2) is 61.4 Å². The molecule has 3 rings (SSSR count). The molecule has 0 N–H and O–H groups in total. The van der Waals surface area contributed by atoms with E-state index in [4.69, 9.17) is 11.6 Å². The Morgan fingerprint density at radius 1 is 1.17 bits per heavy atom. The molecule has 1 aromatic rings. The van der Waals surface area contributed by atoms with Crippen LogP contribution in [-0.2, 0) is 9.59 Å². The molecular weight excluding hydrogens is 326 g/mol. The smallest absolute Gasteiger partial charge is 0.228 e. The molecule has 0 aromatic heterocycles. The highest BCUT2D eigenvalue weighted by Gasteiger charge is 2.38. The molecule has 1 aromatic carbocycles. The predicted molar refractivity (Wildman–Crippen MR) is 95.5 cm³/mol. The van der Waals surface area contributed by atoms with Crippen LogP contribution in [0.3, 0.4) is 0 Å². The molecule has 2 heterocycles. The number of halogens is 1. The average molecular weight is 350 g/mol. The maximum Gasteiger partial charge on any atom is 0.228 e. The normalized spacial score (nSPS) is 22.3. The van der Waals surface area contributed by atoms with E-state index in [1.165, 1.54) is 0 Å². The predicted octanol–water partition coefficient (Wildman–Crippen LogP) is 2.08. The third-order valence-corrected chi connectivity index (χ3v) is 5.25. The van der Waals surface area contributed by atoms with E-state index < -0.39 is 0 Å². The Morgan fingerprint density at radius 3 is 2.46 bits per heavy atom. The number of carbonyl (C=O) groups excluding carboxylic acids is 2. The molecule has 0 radical (unpaired) electrons. The number of nitrogens with zero attached hydrogens (tertiary/aromatic N) is 3. The highest BCUT2D eigenvalue weighted by molar-refractivity contribution is 6.34. The van der Waals surface area contributed by atoms with Crippen LogP contribution in [0.25, 0.3) is 0 Å². The Kier molecular flexibility index (Phi) is 4.83. The van der Waals surface area contributed by atoms with E-state index in [0.29, 0.717) is 11.6 Å². The number of hydrogen-bond acceptors (Lipinski definition) is 3. The molecule has 0 bridgehead atoms. The van der Waals surface area contributed by atoms with Gasteiger partial charge in [-0.05, 0) is 38.1 Å². The zero-order valence-corrected chi connectivity index (χ0v) is 15.3. The lowest BCUT2D eigenvalue weighted by molar-refractivity contribution is -0.137. The summed E-state index contributed by atoms with van der Waals surface area (Å²) in [7, 11) is 2.06. The topological polar surface area (TPSA) is 43.9 Å². The standard InChI is InChI=1S/C18H24ClN3O2/c1-12-8-13(2)17(15(19)9-12)22-11-14(10-16(22)23)18(24)21-6-4-20(3)5-7-21/h8-9,14H,4-7,10-11H2,1-3H3. The van der Waals surface area contributed by atoms with Gasteiger partial charge in [0.2, 0.25) is 11.8 Å². The Labute approximate surface area is 148 Å². The Morgan fingerprint density at radius 2 is 1.83 bits per heavy atom. The number of hydrogen-bond donors (Lipinski definition) is 0. The number of benzene rings is 1. The highest BCUT2D eigenvalue weighted by atomic mass is 35.5. The summed E-state index contributed by atoms with van der Waals surface area (Å²) in [6.45, 7) is 7.62. The van der Waals surface area contributed by atoms with Gasteiger partial charge in [0.05, 0.1) is 16.6 Å². The minimum absolute atomic E-state index is 0.0173. The van der Waals surface area contributed by atoms with Crippen LogP contribution in [0.15, 0.2) is 12.1 Å². The van der Waals surface area contributed by atoms with Crippen molar-refractivity contribution in [2.24, 2.45) is 5.92 Å². The number of rotatable bonds is 2. The maximum absolute atomic E-state index is 12.7. The second kappa shape index (κ2) is 6.73. The molecule has 1 atom stereocenters. The SMILES string of the molecule is Cc1cc(C)c(N2CC(C(=O)N3CCN(C)CC3)CC2=O)c(Cl)c1. The van der Waals surface area contributed by atoms with Gasteiger partial charge in [-0.15, -0.1) is 0 Å². The van der Waals surface area contributed by atoms with Crippen LogP contribution in [0.1, 0.15) is 17.5 Å². The van der Waals surface area contributed by atoms with Crippen LogP contribution < -0.4 is 4.90 Å². The van der Waals surface area contributed by atoms with Gasteiger partial charge in [-0.2, -0.15) is 0 Å². The number of anilines is 1. The largest absolute Gasteiger partial charge is 0.340 e. The molecule has 0 saturated carbocycles. The van der Waals surface area contributed by atoms with E-state index in [2.05, 4.69) is 11.9 Å². The van der Waals surface area contributed by atoms with Gasteiger partial charge in [0, 0.05) is 39.1 Å². The molecule has 0 aliphatic carbocycles. The number of carbonyl (C=O) groups is 2. The molecule has 2 fully saturated rings. The molecule has 5 nitrogen and oxygen atoms in total. The van der Waals surface area contributed by atoms with Crippen molar-refractivity contribution in [2.45, 2.75) is 20.3 Å². The second-order valence-electron chi connectivity index (χ2n) is 6.95. The zero-order chi connectivity index (χ0) is 17.4. The molecule has 24 heavy (non-hydrogen) atoms. The van der Waals surface area contributed by atoms with Gasteiger partial charge in [0.25, 0.3) is 0 Å². The summed E-state index contributed by atoms with van der Waals surface area (Å²) < 4.78 is 0. The van der Waals surface area contributed by atoms with Crippen molar-refractivity contribution >= 4 is 29.1 Å². The number of amides is 2. The van der Waals surface area contributed by atoms with Crippen molar-refractivity contribution < 1.29 is 9.59 Å². The summed E-state index contributed by atoms with van der Waals surface area (Å²) in [5.41, 5.74) is 2.79. The lowest BCUT2D eigenvalue weighted by atomic mass is 10.1. The number of aryl methyl sites for hydroxylation is 2. The Hall–Kier alpha value is -1.59. The van der Waals surface area contributed by atoms with Gasteiger partial charge in [0.1, 0.15) is 0 Å².